The maximum Gasteiger partial charge on any atom is 0.106 e. The summed E-state index contributed by atoms with van der Waals surface area (Å²) in [7, 11) is 0. The van der Waals surface area contributed by atoms with Gasteiger partial charge in [0, 0.05) is 0 Å². The van der Waals surface area contributed by atoms with Gasteiger partial charge in [0.25, 0.3) is 0 Å². The van der Waals surface area contributed by atoms with Crippen molar-refractivity contribution in [1.29, 1.82) is 0 Å². The van der Waals surface area contributed by atoms with E-state index in [1.54, 1.807) is 0 Å². The number of fused-ring (bicyclic) bond motifs is 1. The predicted molar refractivity (Wildman–Crippen MR) is 52.1 cm³/mol. The fraction of sp³-hybridized carbons (Fsp3) is 0.111. The van der Waals surface area contributed by atoms with Gasteiger partial charge in [-0.25, -0.2) is 0 Å². The van der Waals surface area contributed by atoms with Gasteiger partial charge >= 0.3 is 0 Å². The summed E-state index contributed by atoms with van der Waals surface area (Å²) in [4.78, 5) is 0. The van der Waals surface area contributed by atoms with E-state index in [0.29, 0.717) is 0 Å². The van der Waals surface area contributed by atoms with Crippen LogP contribution in [0.4, 0.5) is 0 Å². The van der Waals surface area contributed by atoms with Gasteiger partial charge in [-0.05, 0) is 35.7 Å². The molecule has 0 bridgehead atoms. The van der Waals surface area contributed by atoms with Gasteiger partial charge < -0.3 is 0 Å². The smallest absolute Gasteiger partial charge is 0.106 e. The molecule has 0 aliphatic heterocycles. The molecule has 2 nitrogen and oxygen atoms in total. The van der Waals surface area contributed by atoms with Gasteiger partial charge in [-0.2, -0.15) is 0 Å². The molecule has 0 aliphatic carbocycles. The number of hydrogen-bond donors (Lipinski definition) is 0. The maximum absolute atomic E-state index is 3.99. The van der Waals surface area contributed by atoms with Crippen molar-refractivity contribution in [3.8, 4) is 0 Å². The molecule has 1 aromatic carbocycles. The summed E-state index contributed by atoms with van der Waals surface area (Å²) < 4.78 is 5.02. The minimum Gasteiger partial charge on any atom is -0.138 e. The van der Waals surface area contributed by atoms with E-state index in [1.165, 1.54) is 11.5 Å². The minimum absolute atomic E-state index is 0.959. The van der Waals surface area contributed by atoms with Gasteiger partial charge in [-0.1, -0.05) is 23.2 Å². The second-order valence-electron chi connectivity index (χ2n) is 2.71. The fourth-order valence-electron chi connectivity index (χ4n) is 1.14. The Kier molecular flexibility index (Phi) is 1.66. The summed E-state index contributed by atoms with van der Waals surface area (Å²) in [5.41, 5.74) is 3.18. The summed E-state index contributed by atoms with van der Waals surface area (Å²) in [6, 6.07) is 5.99. The standard InChI is InChI=1S/C9H8N2S/c1-6(2)7-4-3-5-8-9(7)12-11-10-8/h3-5H,1H2,2H3. The van der Waals surface area contributed by atoms with E-state index < -0.39 is 0 Å². The van der Waals surface area contributed by atoms with Gasteiger partial charge in [0.15, 0.2) is 0 Å². The molecule has 60 valence electrons. The molecule has 2 aromatic rings. The van der Waals surface area contributed by atoms with E-state index in [2.05, 4.69) is 16.2 Å². The van der Waals surface area contributed by atoms with E-state index in [4.69, 9.17) is 0 Å². The third-order valence-electron chi connectivity index (χ3n) is 1.73. The van der Waals surface area contributed by atoms with Crippen LogP contribution in [-0.2, 0) is 0 Å². The largest absolute Gasteiger partial charge is 0.138 e. The van der Waals surface area contributed by atoms with Crippen LogP contribution in [-0.4, -0.2) is 9.59 Å². The molecule has 0 N–H and O–H groups in total. The molecule has 1 aromatic heterocycles. The average molecular weight is 176 g/mol. The van der Waals surface area contributed by atoms with Crippen molar-refractivity contribution in [1.82, 2.24) is 9.59 Å². The van der Waals surface area contributed by atoms with Crippen LogP contribution >= 0.6 is 11.5 Å². The second-order valence-corrected chi connectivity index (χ2v) is 3.46. The monoisotopic (exact) mass is 176 g/mol. The van der Waals surface area contributed by atoms with Crippen LogP contribution in [0.25, 0.3) is 15.8 Å². The highest BCUT2D eigenvalue weighted by molar-refractivity contribution is 7.13. The van der Waals surface area contributed by atoms with E-state index in [0.717, 1.165) is 21.4 Å². The molecular weight excluding hydrogens is 168 g/mol. The first-order chi connectivity index (χ1) is 5.79. The van der Waals surface area contributed by atoms with Gasteiger partial charge in [0.05, 0.1) is 4.70 Å². The molecule has 0 saturated carbocycles. The Bertz CT molecular complexity index is 431. The van der Waals surface area contributed by atoms with E-state index in [1.807, 2.05) is 25.1 Å². The summed E-state index contributed by atoms with van der Waals surface area (Å²) in [5.74, 6) is 0. The van der Waals surface area contributed by atoms with Crippen LogP contribution in [0.15, 0.2) is 24.8 Å². The van der Waals surface area contributed by atoms with Crippen LogP contribution in [0.2, 0.25) is 0 Å². The van der Waals surface area contributed by atoms with Gasteiger partial charge in [-0.3, -0.25) is 0 Å². The maximum atomic E-state index is 3.99. The molecule has 0 aliphatic rings. The van der Waals surface area contributed by atoms with Crippen molar-refractivity contribution in [2.45, 2.75) is 6.92 Å². The fourth-order valence-corrected chi connectivity index (χ4v) is 1.89. The Morgan fingerprint density at radius 3 is 3.08 bits per heavy atom. The second kappa shape index (κ2) is 2.68. The van der Waals surface area contributed by atoms with Gasteiger partial charge in [0.1, 0.15) is 5.52 Å². The van der Waals surface area contributed by atoms with Crippen LogP contribution in [0, 0.1) is 0 Å². The lowest BCUT2D eigenvalue weighted by Crippen LogP contribution is -1.77. The molecule has 0 radical (unpaired) electrons. The highest BCUT2D eigenvalue weighted by Crippen LogP contribution is 2.24. The van der Waals surface area contributed by atoms with Gasteiger partial charge in [0.2, 0.25) is 0 Å². The van der Waals surface area contributed by atoms with Crippen molar-refractivity contribution in [3.05, 3.63) is 30.3 Å². The Labute approximate surface area is 74.7 Å². The van der Waals surface area contributed by atoms with E-state index >= 15 is 0 Å². The molecule has 0 atom stereocenters. The Morgan fingerprint density at radius 2 is 2.33 bits per heavy atom. The summed E-state index contributed by atoms with van der Waals surface area (Å²) >= 11 is 1.42. The number of hydrogen-bond acceptors (Lipinski definition) is 3. The molecule has 3 heteroatoms. The molecule has 2 rings (SSSR count). The predicted octanol–water partition coefficient (Wildman–Crippen LogP) is 2.72. The molecule has 0 saturated heterocycles. The number of benzene rings is 1. The van der Waals surface area contributed by atoms with Crippen molar-refractivity contribution in [2.24, 2.45) is 0 Å². The third kappa shape index (κ3) is 1.02. The lowest BCUT2D eigenvalue weighted by Gasteiger charge is -1.97. The number of nitrogens with zero attached hydrogens (tertiary/aromatic N) is 2. The highest BCUT2D eigenvalue weighted by Gasteiger charge is 2.03. The van der Waals surface area contributed by atoms with E-state index in [9.17, 15) is 0 Å². The Hall–Kier alpha value is -1.22. The lowest BCUT2D eigenvalue weighted by atomic mass is 10.1. The first kappa shape index (κ1) is 7.43. The third-order valence-corrected chi connectivity index (χ3v) is 2.51. The highest BCUT2D eigenvalue weighted by atomic mass is 32.1. The average Bonchev–Trinajstić information content (AvgIpc) is 2.49. The van der Waals surface area contributed by atoms with Crippen molar-refractivity contribution in [3.63, 3.8) is 0 Å². The van der Waals surface area contributed by atoms with Gasteiger partial charge in [-0.15, -0.1) is 5.10 Å². The van der Waals surface area contributed by atoms with Crippen molar-refractivity contribution in [2.75, 3.05) is 0 Å². The molecular formula is C9H8N2S. The van der Waals surface area contributed by atoms with E-state index in [-0.39, 0.29) is 0 Å². The SMILES string of the molecule is C=C(C)c1cccc2nnsc12. The van der Waals surface area contributed by atoms with Crippen LogP contribution in [0.1, 0.15) is 12.5 Å². The Morgan fingerprint density at radius 1 is 1.50 bits per heavy atom. The number of rotatable bonds is 1. The summed E-state index contributed by atoms with van der Waals surface area (Å²) in [6.45, 7) is 5.90. The van der Waals surface area contributed by atoms with Crippen LogP contribution in [0.3, 0.4) is 0 Å². The molecule has 0 fully saturated rings. The lowest BCUT2D eigenvalue weighted by molar-refractivity contribution is 1.20. The molecule has 0 spiro atoms. The van der Waals surface area contributed by atoms with Crippen molar-refractivity contribution < 1.29 is 0 Å². The number of aromatic nitrogens is 2. The zero-order chi connectivity index (χ0) is 8.55. The molecule has 0 amide bonds. The molecule has 12 heavy (non-hydrogen) atoms. The normalized spacial score (nSPS) is 10.4. The Balaban J connectivity index is 2.82. The topological polar surface area (TPSA) is 25.8 Å². The first-order valence-corrected chi connectivity index (χ1v) is 4.43. The number of allylic oxidation sites excluding steroid dienone is 1. The minimum atomic E-state index is 0.959. The zero-order valence-electron chi connectivity index (χ0n) is 6.74. The van der Waals surface area contributed by atoms with Crippen molar-refractivity contribution >= 4 is 27.3 Å². The molecule has 1 heterocycles. The quantitative estimate of drug-likeness (QED) is 0.667. The van der Waals surface area contributed by atoms with Crippen LogP contribution < -0.4 is 0 Å². The molecule has 0 unspecified atom stereocenters. The summed E-state index contributed by atoms with van der Waals surface area (Å²) in [6.07, 6.45) is 0. The zero-order valence-corrected chi connectivity index (χ0v) is 7.56. The first-order valence-electron chi connectivity index (χ1n) is 3.66. The van der Waals surface area contributed by atoms with Crippen LogP contribution in [0.5, 0.6) is 0 Å². The summed E-state index contributed by atoms with van der Waals surface area (Å²) in [5, 5.41) is 3.99.